The highest BCUT2D eigenvalue weighted by Gasteiger charge is 2.20. The van der Waals surface area contributed by atoms with Crippen molar-refractivity contribution in [3.63, 3.8) is 0 Å². The Bertz CT molecular complexity index is 327. The first-order valence-electron chi connectivity index (χ1n) is 7.93. The van der Waals surface area contributed by atoms with E-state index in [4.69, 9.17) is 0 Å². The van der Waals surface area contributed by atoms with Gasteiger partial charge in [-0.3, -0.25) is 0 Å². The van der Waals surface area contributed by atoms with E-state index in [1.807, 2.05) is 0 Å². The van der Waals surface area contributed by atoms with Crippen molar-refractivity contribution in [2.45, 2.75) is 72.1 Å². The summed E-state index contributed by atoms with van der Waals surface area (Å²) in [6.07, 6.45) is 17.5. The van der Waals surface area contributed by atoms with Gasteiger partial charge in [-0.05, 0) is 43.4 Å². The minimum absolute atomic E-state index is 0.0568. The van der Waals surface area contributed by atoms with Crippen LogP contribution in [0.15, 0.2) is 23.8 Å². The van der Waals surface area contributed by atoms with Crippen LogP contribution in [0.1, 0.15) is 72.1 Å². The van der Waals surface area contributed by atoms with Crippen molar-refractivity contribution in [3.8, 4) is 0 Å². The topological polar surface area (TPSA) is 17.1 Å². The molecule has 0 aliphatic heterocycles. The molecule has 0 spiro atoms. The zero-order chi connectivity index (χ0) is 14.1. The van der Waals surface area contributed by atoms with Crippen molar-refractivity contribution >= 4 is 6.29 Å². The van der Waals surface area contributed by atoms with Crippen LogP contribution >= 0.6 is 0 Å². The number of unbranched alkanes of at least 4 members (excludes halogenated alkanes) is 1. The minimum atomic E-state index is 0.0568. The van der Waals surface area contributed by atoms with Crippen LogP contribution in [0.3, 0.4) is 0 Å². The molecule has 1 heteroatoms. The molecule has 1 aliphatic carbocycles. The summed E-state index contributed by atoms with van der Waals surface area (Å²) in [5, 5.41) is 0. The minimum Gasteiger partial charge on any atom is -0.303 e. The van der Waals surface area contributed by atoms with Crippen LogP contribution in [0.25, 0.3) is 0 Å². The molecular weight excluding hydrogens is 232 g/mol. The Kier molecular flexibility index (Phi) is 7.12. The summed E-state index contributed by atoms with van der Waals surface area (Å²) >= 11 is 0. The number of carbonyl (C=O) groups excluding carboxylic acids is 1. The quantitative estimate of drug-likeness (QED) is 0.419. The van der Waals surface area contributed by atoms with Crippen LogP contribution in [-0.4, -0.2) is 6.29 Å². The molecule has 108 valence electrons. The first-order valence-corrected chi connectivity index (χ1v) is 7.93. The highest BCUT2D eigenvalue weighted by atomic mass is 16.1. The first kappa shape index (κ1) is 16.2. The summed E-state index contributed by atoms with van der Waals surface area (Å²) in [6.45, 7) is 6.71. The number of aldehydes is 1. The summed E-state index contributed by atoms with van der Waals surface area (Å²) in [4.78, 5) is 10.9. The van der Waals surface area contributed by atoms with E-state index in [-0.39, 0.29) is 5.41 Å². The third-order valence-electron chi connectivity index (χ3n) is 4.35. The monoisotopic (exact) mass is 262 g/mol. The molecule has 1 nitrogen and oxygen atoms in total. The number of hydrogen-bond acceptors (Lipinski definition) is 1. The molecule has 0 saturated heterocycles. The maximum absolute atomic E-state index is 10.9. The highest BCUT2D eigenvalue weighted by molar-refractivity contribution is 5.51. The third kappa shape index (κ3) is 5.76. The summed E-state index contributed by atoms with van der Waals surface area (Å²) < 4.78 is 0. The Balaban J connectivity index is 2.63. The molecule has 0 bridgehead atoms. The smallest absolute Gasteiger partial charge is 0.120 e. The largest absolute Gasteiger partial charge is 0.303 e. The number of hydrogen-bond donors (Lipinski definition) is 0. The second-order valence-corrected chi connectivity index (χ2v) is 6.30. The molecule has 0 aromatic heterocycles. The molecule has 0 radical (unpaired) electrons. The maximum atomic E-state index is 10.9. The Hall–Kier alpha value is -0.850. The zero-order valence-corrected chi connectivity index (χ0v) is 13.0. The molecule has 1 rings (SSSR count). The van der Waals surface area contributed by atoms with Gasteiger partial charge >= 0.3 is 0 Å². The van der Waals surface area contributed by atoms with Gasteiger partial charge in [-0.1, -0.05) is 57.4 Å². The lowest BCUT2D eigenvalue weighted by atomic mass is 9.80. The molecule has 0 saturated carbocycles. The van der Waals surface area contributed by atoms with Crippen LogP contribution in [0.5, 0.6) is 0 Å². The Morgan fingerprint density at radius 1 is 1.42 bits per heavy atom. The lowest BCUT2D eigenvalue weighted by Gasteiger charge is -2.25. The SMILES string of the molecule is CCCC[C@@](C)(/C=C/[C@@H](C)C1=CCCCC1)CC=O. The predicted molar refractivity (Wildman–Crippen MR) is 83.2 cm³/mol. The molecule has 0 aromatic carbocycles. The first-order chi connectivity index (χ1) is 9.11. The van der Waals surface area contributed by atoms with E-state index in [1.165, 1.54) is 38.5 Å². The van der Waals surface area contributed by atoms with Gasteiger partial charge in [0.15, 0.2) is 0 Å². The molecule has 0 aromatic rings. The van der Waals surface area contributed by atoms with Crippen molar-refractivity contribution in [2.24, 2.45) is 11.3 Å². The molecular formula is C18H30O. The van der Waals surface area contributed by atoms with Gasteiger partial charge in [0.05, 0.1) is 0 Å². The van der Waals surface area contributed by atoms with Crippen LogP contribution in [0, 0.1) is 11.3 Å². The number of rotatable bonds is 8. The molecule has 0 unspecified atom stereocenters. The maximum Gasteiger partial charge on any atom is 0.120 e. The molecule has 0 heterocycles. The van der Waals surface area contributed by atoms with Crippen molar-refractivity contribution in [1.82, 2.24) is 0 Å². The van der Waals surface area contributed by atoms with Crippen LogP contribution in [-0.2, 0) is 4.79 Å². The number of carbonyl (C=O) groups is 1. The lowest BCUT2D eigenvalue weighted by molar-refractivity contribution is -0.109. The van der Waals surface area contributed by atoms with Crippen LogP contribution < -0.4 is 0 Å². The van der Waals surface area contributed by atoms with Crippen molar-refractivity contribution in [3.05, 3.63) is 23.8 Å². The molecule has 2 atom stereocenters. The van der Waals surface area contributed by atoms with E-state index in [2.05, 4.69) is 39.0 Å². The molecule has 19 heavy (non-hydrogen) atoms. The van der Waals surface area contributed by atoms with E-state index >= 15 is 0 Å². The summed E-state index contributed by atoms with van der Waals surface area (Å²) in [7, 11) is 0. The summed E-state index contributed by atoms with van der Waals surface area (Å²) in [5.74, 6) is 0.535. The van der Waals surface area contributed by atoms with Crippen molar-refractivity contribution < 1.29 is 4.79 Å². The third-order valence-corrected chi connectivity index (χ3v) is 4.35. The van der Waals surface area contributed by atoms with E-state index in [9.17, 15) is 4.79 Å². The average molecular weight is 262 g/mol. The fraction of sp³-hybridized carbons (Fsp3) is 0.722. The van der Waals surface area contributed by atoms with Crippen LogP contribution in [0.4, 0.5) is 0 Å². The van der Waals surface area contributed by atoms with Crippen molar-refractivity contribution in [2.75, 3.05) is 0 Å². The number of allylic oxidation sites excluding steroid dienone is 4. The van der Waals surface area contributed by atoms with Gasteiger partial charge < -0.3 is 4.79 Å². The molecule has 0 amide bonds. The van der Waals surface area contributed by atoms with E-state index < -0.39 is 0 Å². The highest BCUT2D eigenvalue weighted by Crippen LogP contribution is 2.31. The second-order valence-electron chi connectivity index (χ2n) is 6.30. The van der Waals surface area contributed by atoms with Gasteiger partial charge in [0, 0.05) is 6.42 Å². The second kappa shape index (κ2) is 8.35. The molecule has 1 aliphatic rings. The summed E-state index contributed by atoms with van der Waals surface area (Å²) in [5.41, 5.74) is 1.65. The van der Waals surface area contributed by atoms with E-state index in [0.717, 1.165) is 12.7 Å². The predicted octanol–water partition coefficient (Wildman–Crippen LogP) is 5.46. The lowest BCUT2D eigenvalue weighted by Crippen LogP contribution is -2.14. The molecule has 0 N–H and O–H groups in total. The normalized spacial score (nSPS) is 20.9. The van der Waals surface area contributed by atoms with Gasteiger partial charge in [0.1, 0.15) is 6.29 Å². The van der Waals surface area contributed by atoms with E-state index in [1.54, 1.807) is 5.57 Å². The van der Waals surface area contributed by atoms with Gasteiger partial charge in [-0.2, -0.15) is 0 Å². The van der Waals surface area contributed by atoms with E-state index in [0.29, 0.717) is 12.3 Å². The van der Waals surface area contributed by atoms with Gasteiger partial charge in [0.2, 0.25) is 0 Å². The Morgan fingerprint density at radius 3 is 2.79 bits per heavy atom. The van der Waals surface area contributed by atoms with Gasteiger partial charge in [-0.15, -0.1) is 0 Å². The standard InChI is InChI=1S/C18H30O/c1-4-5-12-18(3,14-15-19)13-11-16(2)17-9-7-6-8-10-17/h9,11,13,15-16H,4-8,10,12,14H2,1-3H3/b13-11+/t16-,18+/m1/s1. The molecule has 0 fully saturated rings. The Labute approximate surface area is 119 Å². The average Bonchev–Trinajstić information content (AvgIpc) is 2.44. The fourth-order valence-electron chi connectivity index (χ4n) is 2.80. The van der Waals surface area contributed by atoms with Crippen LogP contribution in [0.2, 0.25) is 0 Å². The Morgan fingerprint density at radius 2 is 2.21 bits per heavy atom. The fourth-order valence-corrected chi connectivity index (χ4v) is 2.80. The van der Waals surface area contributed by atoms with Crippen molar-refractivity contribution in [1.29, 1.82) is 0 Å². The zero-order valence-electron chi connectivity index (χ0n) is 13.0. The summed E-state index contributed by atoms with van der Waals surface area (Å²) in [6, 6.07) is 0. The van der Waals surface area contributed by atoms with Gasteiger partial charge in [0.25, 0.3) is 0 Å². The van der Waals surface area contributed by atoms with Gasteiger partial charge in [-0.25, -0.2) is 0 Å².